The number of rotatable bonds is 3. The summed E-state index contributed by atoms with van der Waals surface area (Å²) >= 11 is 5.09. The van der Waals surface area contributed by atoms with E-state index in [0.717, 1.165) is 28.0 Å². The zero-order valence-electron chi connectivity index (χ0n) is 11.4. The fourth-order valence-corrected chi connectivity index (χ4v) is 4.16. The molecule has 3 nitrogen and oxygen atoms in total. The molecule has 1 aromatic heterocycles. The maximum absolute atomic E-state index is 12.6. The largest absolute Gasteiger partial charge is 0.338 e. The van der Waals surface area contributed by atoms with Gasteiger partial charge in [0.05, 0.1) is 9.70 Å². The van der Waals surface area contributed by atoms with Crippen molar-refractivity contribution in [3.63, 3.8) is 0 Å². The molecule has 1 aromatic rings. The number of carbonyl (C=O) groups excluding carboxylic acids is 1. The second-order valence-corrected chi connectivity index (χ2v) is 7.91. The Hall–Kier alpha value is -0.390. The molecule has 0 spiro atoms. The molecule has 5 heteroatoms. The molecule has 106 valence electrons. The summed E-state index contributed by atoms with van der Waals surface area (Å²) in [6, 6.07) is 4.24. The minimum absolute atomic E-state index is 0.0706. The van der Waals surface area contributed by atoms with E-state index in [9.17, 15) is 4.79 Å². The van der Waals surface area contributed by atoms with Gasteiger partial charge >= 0.3 is 0 Å². The van der Waals surface area contributed by atoms with Crippen molar-refractivity contribution < 1.29 is 4.79 Å². The molecule has 2 N–H and O–H groups in total. The zero-order valence-corrected chi connectivity index (χ0v) is 13.8. The number of amides is 1. The third kappa shape index (κ3) is 3.38. The number of carbonyl (C=O) groups is 1. The average molecular weight is 345 g/mol. The van der Waals surface area contributed by atoms with Crippen LogP contribution < -0.4 is 5.73 Å². The van der Waals surface area contributed by atoms with Gasteiger partial charge in [-0.25, -0.2) is 0 Å². The lowest BCUT2D eigenvalue weighted by Gasteiger charge is -2.39. The highest BCUT2D eigenvalue weighted by Gasteiger charge is 2.32. The van der Waals surface area contributed by atoms with Crippen molar-refractivity contribution in [3.05, 3.63) is 20.8 Å². The topological polar surface area (TPSA) is 46.3 Å². The molecule has 1 aliphatic rings. The normalized spacial score (nSPS) is 25.4. The predicted octanol–water partition coefficient (Wildman–Crippen LogP) is 3.20. The minimum Gasteiger partial charge on any atom is -0.338 e. The van der Waals surface area contributed by atoms with Gasteiger partial charge in [-0.2, -0.15) is 0 Å². The lowest BCUT2D eigenvalue weighted by Crippen LogP contribution is -2.50. The van der Waals surface area contributed by atoms with Crippen LogP contribution >= 0.6 is 27.3 Å². The molecule has 0 aromatic carbocycles. The SMILES string of the molecule is CC1CCN(C(=O)C(C)c2ccc(Br)s2)C(CN)C1. The summed E-state index contributed by atoms with van der Waals surface area (Å²) in [5, 5.41) is 0. The number of thiophene rings is 1. The molecule has 3 atom stereocenters. The van der Waals surface area contributed by atoms with Crippen LogP contribution in [0.1, 0.15) is 37.5 Å². The number of halogens is 1. The highest BCUT2D eigenvalue weighted by molar-refractivity contribution is 9.11. The number of hydrogen-bond donors (Lipinski definition) is 1. The molecule has 2 rings (SSSR count). The Bertz CT molecular complexity index is 448. The molecule has 0 saturated carbocycles. The molecule has 1 amide bonds. The predicted molar refractivity (Wildman–Crippen MR) is 83.4 cm³/mol. The molecular weight excluding hydrogens is 324 g/mol. The molecule has 2 heterocycles. The average Bonchev–Trinajstić information content (AvgIpc) is 2.83. The van der Waals surface area contributed by atoms with Crippen molar-refractivity contribution in [2.24, 2.45) is 11.7 Å². The Kier molecular flexibility index (Phi) is 5.03. The molecule has 0 radical (unpaired) electrons. The van der Waals surface area contributed by atoms with Gasteiger partial charge in [0.2, 0.25) is 5.91 Å². The lowest BCUT2D eigenvalue weighted by molar-refractivity contribution is -0.136. The van der Waals surface area contributed by atoms with Crippen molar-refractivity contribution in [2.75, 3.05) is 13.1 Å². The molecule has 1 aliphatic heterocycles. The standard InChI is InChI=1S/C14H21BrN2OS/c1-9-5-6-17(11(7-9)8-16)14(18)10(2)12-3-4-13(15)19-12/h3-4,9-11H,5-8,16H2,1-2H3. The summed E-state index contributed by atoms with van der Waals surface area (Å²) in [4.78, 5) is 15.8. The van der Waals surface area contributed by atoms with Crippen LogP contribution in [0.5, 0.6) is 0 Å². The van der Waals surface area contributed by atoms with E-state index in [4.69, 9.17) is 5.73 Å². The molecular formula is C14H21BrN2OS. The first-order valence-corrected chi connectivity index (χ1v) is 8.39. The van der Waals surface area contributed by atoms with Crippen LogP contribution in [-0.4, -0.2) is 29.9 Å². The third-order valence-electron chi connectivity index (χ3n) is 3.92. The van der Waals surface area contributed by atoms with E-state index in [1.165, 1.54) is 0 Å². The summed E-state index contributed by atoms with van der Waals surface area (Å²) in [6.45, 7) is 5.65. The van der Waals surface area contributed by atoms with Gasteiger partial charge < -0.3 is 10.6 Å². The Morgan fingerprint density at radius 2 is 2.37 bits per heavy atom. The van der Waals surface area contributed by atoms with Gasteiger partial charge in [0, 0.05) is 24.0 Å². The van der Waals surface area contributed by atoms with Gasteiger partial charge in [-0.3, -0.25) is 4.79 Å². The number of nitrogens with two attached hydrogens (primary N) is 1. The fourth-order valence-electron chi connectivity index (χ4n) is 2.70. The smallest absolute Gasteiger partial charge is 0.230 e. The van der Waals surface area contributed by atoms with Crippen molar-refractivity contribution in [3.8, 4) is 0 Å². The second kappa shape index (κ2) is 6.37. The summed E-state index contributed by atoms with van der Waals surface area (Å²) in [5.74, 6) is 0.819. The van der Waals surface area contributed by atoms with Crippen LogP contribution in [0.4, 0.5) is 0 Å². The van der Waals surface area contributed by atoms with E-state index in [-0.39, 0.29) is 17.9 Å². The quantitative estimate of drug-likeness (QED) is 0.914. The molecule has 0 bridgehead atoms. The van der Waals surface area contributed by atoms with Gasteiger partial charge in [0.25, 0.3) is 0 Å². The van der Waals surface area contributed by atoms with Gasteiger partial charge in [0.1, 0.15) is 0 Å². The minimum atomic E-state index is -0.0706. The third-order valence-corrected chi connectivity index (χ3v) is 5.73. The first kappa shape index (κ1) is 15.0. The first-order valence-electron chi connectivity index (χ1n) is 6.78. The summed E-state index contributed by atoms with van der Waals surface area (Å²) in [7, 11) is 0. The van der Waals surface area contributed by atoms with Crippen LogP contribution in [0.15, 0.2) is 15.9 Å². The van der Waals surface area contributed by atoms with E-state index in [1.807, 2.05) is 24.0 Å². The van der Waals surface area contributed by atoms with E-state index in [0.29, 0.717) is 12.5 Å². The van der Waals surface area contributed by atoms with Crippen molar-refractivity contribution in [1.29, 1.82) is 0 Å². The molecule has 1 fully saturated rings. The van der Waals surface area contributed by atoms with E-state index in [1.54, 1.807) is 11.3 Å². The maximum atomic E-state index is 12.6. The maximum Gasteiger partial charge on any atom is 0.230 e. The van der Waals surface area contributed by atoms with Crippen molar-refractivity contribution in [1.82, 2.24) is 4.90 Å². The number of piperidine rings is 1. The second-order valence-electron chi connectivity index (χ2n) is 5.41. The zero-order chi connectivity index (χ0) is 14.0. The number of nitrogens with zero attached hydrogens (tertiary/aromatic N) is 1. The Labute approximate surface area is 127 Å². The van der Waals surface area contributed by atoms with Crippen LogP contribution in [0.3, 0.4) is 0 Å². The van der Waals surface area contributed by atoms with Crippen LogP contribution in [0.25, 0.3) is 0 Å². The summed E-state index contributed by atoms with van der Waals surface area (Å²) in [6.07, 6.45) is 2.12. The Morgan fingerprint density at radius 3 is 2.95 bits per heavy atom. The van der Waals surface area contributed by atoms with Crippen molar-refractivity contribution >= 4 is 33.2 Å². The first-order chi connectivity index (χ1) is 9.02. The molecule has 0 aliphatic carbocycles. The van der Waals surface area contributed by atoms with Gasteiger partial charge in [0.15, 0.2) is 0 Å². The van der Waals surface area contributed by atoms with Crippen molar-refractivity contribution in [2.45, 2.75) is 38.6 Å². The number of hydrogen-bond acceptors (Lipinski definition) is 3. The van der Waals surface area contributed by atoms with Crippen LogP contribution in [0, 0.1) is 5.92 Å². The van der Waals surface area contributed by atoms with E-state index in [2.05, 4.69) is 22.9 Å². The van der Waals surface area contributed by atoms with Crippen LogP contribution in [0.2, 0.25) is 0 Å². The van der Waals surface area contributed by atoms with Crippen LogP contribution in [-0.2, 0) is 4.79 Å². The summed E-state index contributed by atoms with van der Waals surface area (Å²) in [5.41, 5.74) is 5.84. The van der Waals surface area contributed by atoms with Gasteiger partial charge in [-0.15, -0.1) is 11.3 Å². The lowest BCUT2D eigenvalue weighted by atomic mass is 9.91. The summed E-state index contributed by atoms with van der Waals surface area (Å²) < 4.78 is 1.07. The highest BCUT2D eigenvalue weighted by Crippen LogP contribution is 2.31. The molecule has 19 heavy (non-hydrogen) atoms. The van der Waals surface area contributed by atoms with Gasteiger partial charge in [-0.1, -0.05) is 6.92 Å². The Morgan fingerprint density at radius 1 is 1.63 bits per heavy atom. The Balaban J connectivity index is 2.09. The molecule has 1 saturated heterocycles. The molecule has 3 unspecified atom stereocenters. The van der Waals surface area contributed by atoms with E-state index >= 15 is 0 Å². The van der Waals surface area contributed by atoms with E-state index < -0.39 is 0 Å². The fraction of sp³-hybridized carbons (Fsp3) is 0.643. The number of likely N-dealkylation sites (tertiary alicyclic amines) is 1. The van der Waals surface area contributed by atoms with Gasteiger partial charge in [-0.05, 0) is 53.7 Å². The highest BCUT2D eigenvalue weighted by atomic mass is 79.9. The monoisotopic (exact) mass is 344 g/mol.